The molecule has 3 aromatic carbocycles. The Labute approximate surface area is 160 Å². The van der Waals surface area contributed by atoms with Crippen molar-refractivity contribution in [3.05, 3.63) is 108 Å². The first-order valence-electron chi connectivity index (χ1n) is 9.48. The van der Waals surface area contributed by atoms with Crippen molar-refractivity contribution in [2.75, 3.05) is 11.4 Å². The Bertz CT molecular complexity index is 946. The van der Waals surface area contributed by atoms with E-state index >= 15 is 0 Å². The van der Waals surface area contributed by atoms with Crippen molar-refractivity contribution in [1.29, 1.82) is 0 Å². The lowest BCUT2D eigenvalue weighted by Gasteiger charge is -2.21. The number of nitrogens with zero attached hydrogens (tertiary/aromatic N) is 1. The zero-order valence-electron chi connectivity index (χ0n) is 15.5. The molecule has 27 heavy (non-hydrogen) atoms. The van der Waals surface area contributed by atoms with Crippen molar-refractivity contribution < 1.29 is 4.79 Å². The summed E-state index contributed by atoms with van der Waals surface area (Å²) >= 11 is 0. The smallest absolute Gasteiger partial charge is 0.235 e. The molecule has 1 aliphatic heterocycles. The Balaban J connectivity index is 1.79. The highest BCUT2D eigenvalue weighted by Gasteiger charge is 2.40. The Morgan fingerprint density at radius 1 is 0.889 bits per heavy atom. The van der Waals surface area contributed by atoms with Gasteiger partial charge in [0.05, 0.1) is 5.92 Å². The molecular weight excluding hydrogens is 330 g/mol. The molecule has 2 nitrogen and oxygen atoms in total. The fourth-order valence-electron chi connectivity index (χ4n) is 3.96. The molecule has 0 N–H and O–H groups in total. The van der Waals surface area contributed by atoms with Crippen molar-refractivity contribution in [1.82, 2.24) is 0 Å². The Kier molecular flexibility index (Phi) is 4.88. The predicted octanol–water partition coefficient (Wildman–Crippen LogP) is 5.63. The molecule has 0 saturated heterocycles. The molecule has 4 rings (SSSR count). The molecule has 0 radical (unpaired) electrons. The lowest BCUT2D eigenvalue weighted by Crippen LogP contribution is -2.30. The fourth-order valence-corrected chi connectivity index (χ4v) is 3.96. The molecule has 1 amide bonds. The molecule has 0 unspecified atom stereocenters. The number of hydrogen-bond acceptors (Lipinski definition) is 1. The van der Waals surface area contributed by atoms with E-state index in [2.05, 4.69) is 48.6 Å². The normalized spacial score (nSPS) is 17.3. The van der Waals surface area contributed by atoms with Crippen molar-refractivity contribution in [2.24, 2.45) is 0 Å². The average molecular weight is 353 g/mol. The van der Waals surface area contributed by atoms with E-state index in [1.807, 2.05) is 60.4 Å². The van der Waals surface area contributed by atoms with Gasteiger partial charge >= 0.3 is 0 Å². The zero-order chi connectivity index (χ0) is 18.6. The van der Waals surface area contributed by atoms with Gasteiger partial charge < -0.3 is 4.90 Å². The standard InChI is InChI=1S/C25H23NO/c1-2-26-23-16-10-9-15-22(23)24(25(26)27)21(20-13-7-4-8-14-20)18-17-19-11-5-3-6-12-19/h3-18,21,24H,2H2,1H3/b18-17+/t21-,24+/m0/s1. The van der Waals surface area contributed by atoms with Crippen LogP contribution in [0.3, 0.4) is 0 Å². The summed E-state index contributed by atoms with van der Waals surface area (Å²) in [6, 6.07) is 28.8. The maximum Gasteiger partial charge on any atom is 0.235 e. The Hall–Kier alpha value is -3.13. The second-order valence-electron chi connectivity index (χ2n) is 6.83. The minimum atomic E-state index is -0.191. The number of anilines is 1. The number of para-hydroxylation sites is 1. The minimum absolute atomic E-state index is 0.00314. The number of likely N-dealkylation sites (N-methyl/N-ethyl adjacent to an activating group) is 1. The van der Waals surface area contributed by atoms with Crippen LogP contribution >= 0.6 is 0 Å². The number of benzene rings is 3. The quantitative estimate of drug-likeness (QED) is 0.582. The summed E-state index contributed by atoms with van der Waals surface area (Å²) < 4.78 is 0. The second-order valence-corrected chi connectivity index (χ2v) is 6.83. The predicted molar refractivity (Wildman–Crippen MR) is 112 cm³/mol. The highest BCUT2D eigenvalue weighted by molar-refractivity contribution is 6.05. The van der Waals surface area contributed by atoms with Crippen molar-refractivity contribution in [3.8, 4) is 0 Å². The highest BCUT2D eigenvalue weighted by Crippen LogP contribution is 2.45. The van der Waals surface area contributed by atoms with Gasteiger partial charge in [0.1, 0.15) is 0 Å². The maximum atomic E-state index is 13.3. The molecule has 0 spiro atoms. The van der Waals surface area contributed by atoms with E-state index in [4.69, 9.17) is 0 Å². The number of amides is 1. The first-order valence-corrected chi connectivity index (χ1v) is 9.48. The van der Waals surface area contributed by atoms with Gasteiger partial charge in [0.25, 0.3) is 0 Å². The SMILES string of the molecule is CCN1C(=O)[C@H]([C@@H](/C=C/c2ccccc2)c2ccccc2)c2ccccc21. The van der Waals surface area contributed by atoms with Crippen LogP contribution in [0.25, 0.3) is 6.08 Å². The first-order chi connectivity index (χ1) is 13.3. The van der Waals surface area contributed by atoms with Gasteiger partial charge in [0.15, 0.2) is 0 Å². The van der Waals surface area contributed by atoms with Crippen LogP contribution in [0.1, 0.15) is 35.4 Å². The number of carbonyl (C=O) groups is 1. The number of carbonyl (C=O) groups excluding carboxylic acids is 1. The summed E-state index contributed by atoms with van der Waals surface area (Å²) in [5, 5.41) is 0. The van der Waals surface area contributed by atoms with Crippen molar-refractivity contribution in [2.45, 2.75) is 18.8 Å². The molecule has 134 valence electrons. The van der Waals surface area contributed by atoms with Crippen LogP contribution in [-0.2, 0) is 4.79 Å². The zero-order valence-corrected chi connectivity index (χ0v) is 15.5. The topological polar surface area (TPSA) is 20.3 Å². The molecular formula is C25H23NO. The molecule has 0 aromatic heterocycles. The number of hydrogen-bond donors (Lipinski definition) is 0. The van der Waals surface area contributed by atoms with E-state index in [-0.39, 0.29) is 17.7 Å². The molecule has 0 fully saturated rings. The van der Waals surface area contributed by atoms with Gasteiger partial charge in [-0.05, 0) is 29.7 Å². The van der Waals surface area contributed by atoms with Gasteiger partial charge in [-0.3, -0.25) is 4.79 Å². The van der Waals surface area contributed by atoms with Crippen LogP contribution in [0.4, 0.5) is 5.69 Å². The summed E-state index contributed by atoms with van der Waals surface area (Å²) in [5.41, 5.74) is 4.47. The molecule has 2 heteroatoms. The van der Waals surface area contributed by atoms with Gasteiger partial charge in [0.2, 0.25) is 5.91 Å². The van der Waals surface area contributed by atoms with Crippen LogP contribution < -0.4 is 4.90 Å². The molecule has 1 heterocycles. The molecule has 0 bridgehead atoms. The van der Waals surface area contributed by atoms with Crippen LogP contribution in [0.2, 0.25) is 0 Å². The van der Waals surface area contributed by atoms with Crippen LogP contribution in [0.15, 0.2) is 91.0 Å². The van der Waals surface area contributed by atoms with E-state index in [1.165, 1.54) is 0 Å². The van der Waals surface area contributed by atoms with E-state index in [0.29, 0.717) is 6.54 Å². The first kappa shape index (κ1) is 17.3. The molecule has 0 aliphatic carbocycles. The van der Waals surface area contributed by atoms with Gasteiger partial charge in [-0.1, -0.05) is 91.0 Å². The van der Waals surface area contributed by atoms with E-state index < -0.39 is 0 Å². The number of allylic oxidation sites excluding steroid dienone is 1. The van der Waals surface area contributed by atoms with Gasteiger partial charge in [-0.15, -0.1) is 0 Å². The summed E-state index contributed by atoms with van der Waals surface area (Å²) in [6.07, 6.45) is 4.31. The summed E-state index contributed by atoms with van der Waals surface area (Å²) in [7, 11) is 0. The van der Waals surface area contributed by atoms with Gasteiger partial charge in [-0.25, -0.2) is 0 Å². The van der Waals surface area contributed by atoms with Crippen LogP contribution in [-0.4, -0.2) is 12.5 Å². The highest BCUT2D eigenvalue weighted by atomic mass is 16.2. The molecule has 0 saturated carbocycles. The van der Waals surface area contributed by atoms with Crippen LogP contribution in [0.5, 0.6) is 0 Å². The molecule has 3 aromatic rings. The third-order valence-corrected chi connectivity index (χ3v) is 5.25. The van der Waals surface area contributed by atoms with E-state index in [9.17, 15) is 4.79 Å². The van der Waals surface area contributed by atoms with Crippen molar-refractivity contribution in [3.63, 3.8) is 0 Å². The number of rotatable bonds is 5. The van der Waals surface area contributed by atoms with Crippen molar-refractivity contribution >= 4 is 17.7 Å². The lowest BCUT2D eigenvalue weighted by molar-refractivity contribution is -0.119. The van der Waals surface area contributed by atoms with Gasteiger partial charge in [-0.2, -0.15) is 0 Å². The number of fused-ring (bicyclic) bond motifs is 1. The Morgan fingerprint density at radius 3 is 2.22 bits per heavy atom. The summed E-state index contributed by atoms with van der Waals surface area (Å²) in [6.45, 7) is 2.73. The summed E-state index contributed by atoms with van der Waals surface area (Å²) in [4.78, 5) is 15.2. The molecule has 2 atom stereocenters. The molecule has 1 aliphatic rings. The summed E-state index contributed by atoms with van der Waals surface area (Å²) in [5.74, 6) is -0.00890. The van der Waals surface area contributed by atoms with E-state index in [1.54, 1.807) is 0 Å². The Morgan fingerprint density at radius 2 is 1.52 bits per heavy atom. The monoisotopic (exact) mass is 353 g/mol. The average Bonchev–Trinajstić information content (AvgIpc) is 3.01. The van der Waals surface area contributed by atoms with E-state index in [0.717, 1.165) is 22.4 Å². The van der Waals surface area contributed by atoms with Crippen LogP contribution in [0, 0.1) is 0 Å². The minimum Gasteiger partial charge on any atom is -0.312 e. The second kappa shape index (κ2) is 7.63. The lowest BCUT2D eigenvalue weighted by atomic mass is 9.81. The largest absolute Gasteiger partial charge is 0.312 e. The third kappa shape index (κ3) is 3.31. The third-order valence-electron chi connectivity index (χ3n) is 5.25. The fraction of sp³-hybridized carbons (Fsp3) is 0.160. The maximum absolute atomic E-state index is 13.3. The van der Waals surface area contributed by atoms with Gasteiger partial charge in [0, 0.05) is 18.2 Å².